The lowest BCUT2D eigenvalue weighted by Crippen LogP contribution is -1.99. The molecule has 3 nitrogen and oxygen atoms in total. The topological polar surface area (TPSA) is 46.5 Å². The molecule has 0 saturated carbocycles. The lowest BCUT2D eigenvalue weighted by atomic mass is 10.1. The SMILES string of the molecule is C=C(C)COc1ccc(C(=O)C=Cc2ccccc2)c(O)c1. The monoisotopic (exact) mass is 294 g/mol. The van der Waals surface area contributed by atoms with Gasteiger partial charge in [0.2, 0.25) is 0 Å². The van der Waals surface area contributed by atoms with Crippen LogP contribution in [0.5, 0.6) is 11.5 Å². The summed E-state index contributed by atoms with van der Waals surface area (Å²) in [6.07, 6.45) is 3.16. The van der Waals surface area contributed by atoms with Gasteiger partial charge in [-0.2, -0.15) is 0 Å². The summed E-state index contributed by atoms with van der Waals surface area (Å²) in [6.45, 7) is 5.97. The molecule has 22 heavy (non-hydrogen) atoms. The van der Waals surface area contributed by atoms with E-state index in [-0.39, 0.29) is 17.1 Å². The fourth-order valence-electron chi connectivity index (χ4n) is 1.84. The summed E-state index contributed by atoms with van der Waals surface area (Å²) in [5.41, 5.74) is 2.05. The largest absolute Gasteiger partial charge is 0.507 e. The zero-order chi connectivity index (χ0) is 15.9. The second-order valence-corrected chi connectivity index (χ2v) is 5.03. The third-order valence-electron chi connectivity index (χ3n) is 2.95. The van der Waals surface area contributed by atoms with Crippen LogP contribution >= 0.6 is 0 Å². The standard InChI is InChI=1S/C19H18O3/c1-14(2)13-22-16-9-10-17(19(21)12-16)18(20)11-8-15-6-4-3-5-7-15/h3-12,21H,1,13H2,2H3. The number of hydrogen-bond acceptors (Lipinski definition) is 3. The number of benzene rings is 2. The summed E-state index contributed by atoms with van der Waals surface area (Å²) in [5.74, 6) is 0.152. The number of phenolic OH excluding ortho intramolecular Hbond substituents is 1. The van der Waals surface area contributed by atoms with Crippen LogP contribution in [0.25, 0.3) is 6.08 Å². The number of phenols is 1. The van der Waals surface area contributed by atoms with E-state index in [1.807, 2.05) is 37.3 Å². The van der Waals surface area contributed by atoms with Gasteiger partial charge in [-0.05, 0) is 36.3 Å². The van der Waals surface area contributed by atoms with E-state index < -0.39 is 0 Å². The van der Waals surface area contributed by atoms with Crippen molar-refractivity contribution in [2.75, 3.05) is 6.61 Å². The van der Waals surface area contributed by atoms with Gasteiger partial charge in [-0.3, -0.25) is 4.79 Å². The summed E-state index contributed by atoms with van der Waals surface area (Å²) >= 11 is 0. The molecule has 2 aromatic carbocycles. The number of hydrogen-bond donors (Lipinski definition) is 1. The molecule has 0 spiro atoms. The van der Waals surface area contributed by atoms with Crippen molar-refractivity contribution in [2.24, 2.45) is 0 Å². The first-order chi connectivity index (χ1) is 10.6. The molecule has 0 aliphatic heterocycles. The minimum Gasteiger partial charge on any atom is -0.507 e. The molecule has 0 bridgehead atoms. The summed E-state index contributed by atoms with van der Waals surface area (Å²) < 4.78 is 5.42. The third-order valence-corrected chi connectivity index (χ3v) is 2.95. The highest BCUT2D eigenvalue weighted by Crippen LogP contribution is 2.24. The van der Waals surface area contributed by atoms with Crippen LogP contribution in [-0.2, 0) is 0 Å². The number of ketones is 1. The molecule has 2 aromatic rings. The quantitative estimate of drug-likeness (QED) is 0.492. The van der Waals surface area contributed by atoms with Gasteiger partial charge in [0, 0.05) is 6.07 Å². The zero-order valence-corrected chi connectivity index (χ0v) is 12.5. The molecule has 0 aliphatic rings. The van der Waals surface area contributed by atoms with E-state index in [1.165, 1.54) is 12.1 Å². The Hall–Kier alpha value is -2.81. The van der Waals surface area contributed by atoms with Crippen molar-refractivity contribution in [2.45, 2.75) is 6.92 Å². The Labute approximate surface area is 130 Å². The molecule has 0 aliphatic carbocycles. The Morgan fingerprint density at radius 1 is 1.23 bits per heavy atom. The predicted molar refractivity (Wildman–Crippen MR) is 88.2 cm³/mol. The van der Waals surface area contributed by atoms with Gasteiger partial charge >= 0.3 is 0 Å². The van der Waals surface area contributed by atoms with Gasteiger partial charge in [-0.25, -0.2) is 0 Å². The minimum absolute atomic E-state index is 0.0954. The van der Waals surface area contributed by atoms with Gasteiger partial charge in [-0.1, -0.05) is 43.0 Å². The fraction of sp³-hybridized carbons (Fsp3) is 0.105. The first-order valence-electron chi connectivity index (χ1n) is 6.94. The van der Waals surface area contributed by atoms with E-state index in [2.05, 4.69) is 6.58 Å². The van der Waals surface area contributed by atoms with Gasteiger partial charge in [0.1, 0.15) is 18.1 Å². The molecule has 3 heteroatoms. The molecule has 112 valence electrons. The number of rotatable bonds is 6. The molecule has 0 aromatic heterocycles. The average molecular weight is 294 g/mol. The molecule has 0 saturated heterocycles. The molecule has 2 rings (SSSR count). The summed E-state index contributed by atoms with van der Waals surface area (Å²) in [6, 6.07) is 14.2. The number of carbonyl (C=O) groups is 1. The van der Waals surface area contributed by atoms with Crippen LogP contribution in [-0.4, -0.2) is 17.5 Å². The van der Waals surface area contributed by atoms with Crippen molar-refractivity contribution >= 4 is 11.9 Å². The molecule has 0 radical (unpaired) electrons. The lowest BCUT2D eigenvalue weighted by Gasteiger charge is -2.07. The molecule has 0 heterocycles. The number of ether oxygens (including phenoxy) is 1. The highest BCUT2D eigenvalue weighted by Gasteiger charge is 2.09. The fourth-order valence-corrected chi connectivity index (χ4v) is 1.84. The van der Waals surface area contributed by atoms with Gasteiger partial charge in [-0.15, -0.1) is 0 Å². The van der Waals surface area contributed by atoms with Gasteiger partial charge < -0.3 is 9.84 Å². The maximum Gasteiger partial charge on any atom is 0.189 e. The Morgan fingerprint density at radius 3 is 2.59 bits per heavy atom. The van der Waals surface area contributed by atoms with Crippen molar-refractivity contribution in [3.05, 3.63) is 77.9 Å². The average Bonchev–Trinajstić information content (AvgIpc) is 2.51. The van der Waals surface area contributed by atoms with Crippen molar-refractivity contribution in [3.63, 3.8) is 0 Å². The van der Waals surface area contributed by atoms with Gasteiger partial charge in [0.05, 0.1) is 5.56 Å². The van der Waals surface area contributed by atoms with Crippen molar-refractivity contribution in [3.8, 4) is 11.5 Å². The maximum atomic E-state index is 12.1. The van der Waals surface area contributed by atoms with E-state index in [9.17, 15) is 9.90 Å². The van der Waals surface area contributed by atoms with Crippen LogP contribution in [0, 0.1) is 0 Å². The molecule has 0 fully saturated rings. The number of allylic oxidation sites excluding steroid dienone is 1. The number of aromatic hydroxyl groups is 1. The highest BCUT2D eigenvalue weighted by atomic mass is 16.5. The molecular weight excluding hydrogens is 276 g/mol. The van der Waals surface area contributed by atoms with Gasteiger partial charge in [0.25, 0.3) is 0 Å². The van der Waals surface area contributed by atoms with E-state index in [0.717, 1.165) is 11.1 Å². The zero-order valence-electron chi connectivity index (χ0n) is 12.5. The Balaban J connectivity index is 2.10. The van der Waals surface area contributed by atoms with Crippen LogP contribution in [0.3, 0.4) is 0 Å². The minimum atomic E-state index is -0.257. The Kier molecular flexibility index (Phi) is 5.15. The summed E-state index contributed by atoms with van der Waals surface area (Å²) in [5, 5.41) is 9.97. The smallest absolute Gasteiger partial charge is 0.189 e. The predicted octanol–water partition coefficient (Wildman–Crippen LogP) is 4.24. The maximum absolute atomic E-state index is 12.1. The van der Waals surface area contributed by atoms with E-state index >= 15 is 0 Å². The summed E-state index contributed by atoms with van der Waals surface area (Å²) in [7, 11) is 0. The third kappa shape index (κ3) is 4.35. The van der Waals surface area contributed by atoms with Crippen LogP contribution < -0.4 is 4.74 Å². The van der Waals surface area contributed by atoms with Crippen molar-refractivity contribution < 1.29 is 14.6 Å². The molecular formula is C19H18O3. The van der Waals surface area contributed by atoms with Crippen LogP contribution in [0.15, 0.2) is 66.8 Å². The van der Waals surface area contributed by atoms with Gasteiger partial charge in [0.15, 0.2) is 5.78 Å². The number of carbonyl (C=O) groups excluding carboxylic acids is 1. The van der Waals surface area contributed by atoms with Crippen molar-refractivity contribution in [1.82, 2.24) is 0 Å². The second-order valence-electron chi connectivity index (χ2n) is 5.03. The van der Waals surface area contributed by atoms with E-state index in [4.69, 9.17) is 4.74 Å². The molecule has 1 N–H and O–H groups in total. The molecule has 0 atom stereocenters. The second kappa shape index (κ2) is 7.27. The summed E-state index contributed by atoms with van der Waals surface area (Å²) in [4.78, 5) is 12.1. The Morgan fingerprint density at radius 2 is 1.95 bits per heavy atom. The lowest BCUT2D eigenvalue weighted by molar-refractivity contribution is 0.104. The highest BCUT2D eigenvalue weighted by molar-refractivity contribution is 6.08. The van der Waals surface area contributed by atoms with Crippen LogP contribution in [0.1, 0.15) is 22.8 Å². The van der Waals surface area contributed by atoms with E-state index in [0.29, 0.717) is 12.4 Å². The first-order valence-corrected chi connectivity index (χ1v) is 6.94. The van der Waals surface area contributed by atoms with Crippen LogP contribution in [0.4, 0.5) is 0 Å². The molecule has 0 unspecified atom stereocenters. The Bertz CT molecular complexity index is 700. The van der Waals surface area contributed by atoms with E-state index in [1.54, 1.807) is 18.2 Å². The first kappa shape index (κ1) is 15.6. The van der Waals surface area contributed by atoms with Crippen molar-refractivity contribution in [1.29, 1.82) is 0 Å². The van der Waals surface area contributed by atoms with Crippen LogP contribution in [0.2, 0.25) is 0 Å². The molecule has 0 amide bonds. The normalized spacial score (nSPS) is 10.6.